The molecule has 0 aromatic heterocycles. The fourth-order valence-corrected chi connectivity index (χ4v) is 4.17. The van der Waals surface area contributed by atoms with Crippen LogP contribution in [0.25, 0.3) is 0 Å². The van der Waals surface area contributed by atoms with Crippen molar-refractivity contribution in [2.45, 2.75) is 31.7 Å². The number of nitrogens with one attached hydrogen (secondary N) is 2. The number of benzene rings is 2. The van der Waals surface area contributed by atoms with Gasteiger partial charge in [0.2, 0.25) is 11.8 Å². The summed E-state index contributed by atoms with van der Waals surface area (Å²) in [5.74, 6) is 0.00975. The van der Waals surface area contributed by atoms with Crippen LogP contribution in [-0.2, 0) is 9.59 Å². The van der Waals surface area contributed by atoms with Gasteiger partial charge in [-0.1, -0.05) is 24.3 Å². The molecule has 0 saturated carbocycles. The number of piperidine rings is 1. The third-order valence-electron chi connectivity index (χ3n) is 5.84. The van der Waals surface area contributed by atoms with Crippen LogP contribution in [0.1, 0.15) is 36.0 Å². The van der Waals surface area contributed by atoms with Gasteiger partial charge in [0.15, 0.2) is 0 Å². The molecule has 0 bridgehead atoms. The Kier molecular flexibility index (Phi) is 6.62. The second-order valence-corrected chi connectivity index (χ2v) is 8.14. The third kappa shape index (κ3) is 5.49. The molecule has 2 aromatic rings. The molecule has 0 atom stereocenters. The second-order valence-electron chi connectivity index (χ2n) is 8.14. The Morgan fingerprint density at radius 1 is 0.968 bits per heavy atom. The lowest BCUT2D eigenvalue weighted by Gasteiger charge is -2.31. The normalized spacial score (nSPS) is 17.5. The number of carbonyl (C=O) groups is 3. The van der Waals surface area contributed by atoms with Crippen LogP contribution in [0.2, 0.25) is 0 Å². The number of hydrogen-bond acceptors (Lipinski definition) is 4. The van der Waals surface area contributed by atoms with Gasteiger partial charge >= 0.3 is 0 Å². The van der Waals surface area contributed by atoms with Crippen LogP contribution in [0.4, 0.5) is 11.4 Å². The van der Waals surface area contributed by atoms with Crippen molar-refractivity contribution >= 4 is 29.1 Å². The minimum absolute atomic E-state index is 0.0480. The average molecular weight is 421 g/mol. The Labute approximate surface area is 182 Å². The first-order chi connectivity index (χ1) is 15.1. The van der Waals surface area contributed by atoms with Gasteiger partial charge in [0.1, 0.15) is 0 Å². The first-order valence-electron chi connectivity index (χ1n) is 10.9. The van der Waals surface area contributed by atoms with Crippen LogP contribution in [0.3, 0.4) is 0 Å². The molecule has 2 aliphatic heterocycles. The highest BCUT2D eigenvalue weighted by molar-refractivity contribution is 5.97. The van der Waals surface area contributed by atoms with E-state index in [0.717, 1.165) is 44.6 Å². The fraction of sp³-hybridized carbons (Fsp3) is 0.375. The summed E-state index contributed by atoms with van der Waals surface area (Å²) < 4.78 is 0. The molecule has 0 aliphatic carbocycles. The van der Waals surface area contributed by atoms with Gasteiger partial charge in [0, 0.05) is 49.0 Å². The lowest BCUT2D eigenvalue weighted by molar-refractivity contribution is -0.118. The fourth-order valence-electron chi connectivity index (χ4n) is 4.17. The molecule has 162 valence electrons. The molecule has 2 aromatic carbocycles. The van der Waals surface area contributed by atoms with Gasteiger partial charge < -0.3 is 15.5 Å². The maximum Gasteiger partial charge on any atom is 0.251 e. The Morgan fingerprint density at radius 3 is 2.45 bits per heavy atom. The molecule has 4 rings (SSSR count). The van der Waals surface area contributed by atoms with Gasteiger partial charge in [-0.2, -0.15) is 0 Å². The second kappa shape index (κ2) is 9.75. The Morgan fingerprint density at radius 2 is 1.74 bits per heavy atom. The molecule has 7 heteroatoms. The number of anilines is 2. The van der Waals surface area contributed by atoms with Gasteiger partial charge in [-0.25, -0.2) is 0 Å². The number of carbonyl (C=O) groups excluding carboxylic acids is 3. The van der Waals surface area contributed by atoms with Crippen LogP contribution in [-0.4, -0.2) is 54.8 Å². The zero-order valence-corrected chi connectivity index (χ0v) is 17.5. The van der Waals surface area contributed by atoms with E-state index in [4.69, 9.17) is 0 Å². The predicted molar refractivity (Wildman–Crippen MR) is 120 cm³/mol. The topological polar surface area (TPSA) is 81.8 Å². The summed E-state index contributed by atoms with van der Waals surface area (Å²) in [5, 5.41) is 6.03. The van der Waals surface area contributed by atoms with Crippen LogP contribution in [0.5, 0.6) is 0 Å². The Bertz CT molecular complexity index is 939. The van der Waals surface area contributed by atoms with Crippen molar-refractivity contribution in [3.8, 4) is 0 Å². The molecule has 2 saturated heterocycles. The number of hydrogen-bond donors (Lipinski definition) is 2. The molecule has 2 heterocycles. The molecular weight excluding hydrogens is 392 g/mol. The van der Waals surface area contributed by atoms with Crippen LogP contribution in [0, 0.1) is 0 Å². The van der Waals surface area contributed by atoms with E-state index < -0.39 is 0 Å². The van der Waals surface area contributed by atoms with Crippen molar-refractivity contribution in [2.75, 3.05) is 36.4 Å². The Balaban J connectivity index is 1.23. The van der Waals surface area contributed by atoms with E-state index in [1.807, 2.05) is 54.6 Å². The molecular formula is C24H28N4O3. The van der Waals surface area contributed by atoms with Gasteiger partial charge in [-0.15, -0.1) is 0 Å². The zero-order valence-electron chi connectivity index (χ0n) is 17.5. The lowest BCUT2D eigenvalue weighted by atomic mass is 10.0. The van der Waals surface area contributed by atoms with Gasteiger partial charge in [-0.05, 0) is 49.6 Å². The molecule has 2 N–H and O–H groups in total. The standard InChI is InChI=1S/C24H28N4O3/c29-22(25-20-8-4-9-21(16-20)28-13-5-10-23(28)30)17-27-14-11-19(12-15-27)26-24(31)18-6-2-1-3-7-18/h1-4,6-9,16,19H,5,10-15,17H2,(H,25,29)(H,26,31). The molecule has 0 spiro atoms. The van der Waals surface area contributed by atoms with Crippen molar-refractivity contribution in [1.29, 1.82) is 0 Å². The lowest BCUT2D eigenvalue weighted by Crippen LogP contribution is -2.46. The highest BCUT2D eigenvalue weighted by Gasteiger charge is 2.24. The number of nitrogens with zero attached hydrogens (tertiary/aromatic N) is 2. The summed E-state index contributed by atoms with van der Waals surface area (Å²) in [5.41, 5.74) is 2.20. The first kappa shape index (κ1) is 21.1. The van der Waals surface area contributed by atoms with Crippen LogP contribution < -0.4 is 15.5 Å². The maximum atomic E-state index is 12.5. The van der Waals surface area contributed by atoms with E-state index >= 15 is 0 Å². The third-order valence-corrected chi connectivity index (χ3v) is 5.84. The van der Waals surface area contributed by atoms with Crippen LogP contribution >= 0.6 is 0 Å². The van der Waals surface area contributed by atoms with E-state index in [0.29, 0.717) is 24.2 Å². The monoisotopic (exact) mass is 420 g/mol. The molecule has 7 nitrogen and oxygen atoms in total. The van der Waals surface area contributed by atoms with Crippen molar-refractivity contribution in [3.63, 3.8) is 0 Å². The smallest absolute Gasteiger partial charge is 0.251 e. The first-order valence-corrected chi connectivity index (χ1v) is 10.9. The van der Waals surface area contributed by atoms with E-state index in [-0.39, 0.29) is 23.8 Å². The summed E-state index contributed by atoms with van der Waals surface area (Å²) >= 11 is 0. The number of likely N-dealkylation sites (tertiary alicyclic amines) is 1. The molecule has 0 unspecified atom stereocenters. The minimum atomic E-state index is -0.0725. The summed E-state index contributed by atoms with van der Waals surface area (Å²) in [6, 6.07) is 16.8. The SMILES string of the molecule is O=C(CN1CCC(NC(=O)c2ccccc2)CC1)Nc1cccc(N2CCCC2=O)c1. The van der Waals surface area contributed by atoms with Gasteiger partial charge in [0.05, 0.1) is 6.54 Å². The molecule has 2 aliphatic rings. The van der Waals surface area contributed by atoms with Gasteiger partial charge in [-0.3, -0.25) is 19.3 Å². The zero-order chi connectivity index (χ0) is 21.6. The van der Waals surface area contributed by atoms with Crippen molar-refractivity contribution < 1.29 is 14.4 Å². The molecule has 31 heavy (non-hydrogen) atoms. The van der Waals surface area contributed by atoms with Crippen LogP contribution in [0.15, 0.2) is 54.6 Å². The Hall–Kier alpha value is -3.19. The average Bonchev–Trinajstić information content (AvgIpc) is 3.22. The van der Waals surface area contributed by atoms with Crippen molar-refractivity contribution in [3.05, 3.63) is 60.2 Å². The molecule has 0 radical (unpaired) electrons. The van der Waals surface area contributed by atoms with Gasteiger partial charge in [0.25, 0.3) is 5.91 Å². The summed E-state index contributed by atoms with van der Waals surface area (Å²) in [6.45, 7) is 2.56. The number of amides is 3. The summed E-state index contributed by atoms with van der Waals surface area (Å²) in [4.78, 5) is 40.6. The largest absolute Gasteiger partial charge is 0.349 e. The maximum absolute atomic E-state index is 12.5. The van der Waals surface area contributed by atoms with E-state index in [9.17, 15) is 14.4 Å². The highest BCUT2D eigenvalue weighted by Crippen LogP contribution is 2.24. The molecule has 3 amide bonds. The number of rotatable bonds is 6. The minimum Gasteiger partial charge on any atom is -0.349 e. The van der Waals surface area contributed by atoms with E-state index in [1.54, 1.807) is 4.90 Å². The molecule has 2 fully saturated rings. The van der Waals surface area contributed by atoms with Crippen molar-refractivity contribution in [1.82, 2.24) is 10.2 Å². The van der Waals surface area contributed by atoms with E-state index in [1.165, 1.54) is 0 Å². The quantitative estimate of drug-likeness (QED) is 0.753. The van der Waals surface area contributed by atoms with E-state index in [2.05, 4.69) is 15.5 Å². The summed E-state index contributed by atoms with van der Waals surface area (Å²) in [7, 11) is 0. The predicted octanol–water partition coefficient (Wildman–Crippen LogP) is 2.65. The van der Waals surface area contributed by atoms with Crippen molar-refractivity contribution in [2.24, 2.45) is 0 Å². The summed E-state index contributed by atoms with van der Waals surface area (Å²) in [6.07, 6.45) is 3.09. The highest BCUT2D eigenvalue weighted by atomic mass is 16.2.